The summed E-state index contributed by atoms with van der Waals surface area (Å²) in [6, 6.07) is 19.7. The van der Waals surface area contributed by atoms with Crippen LogP contribution in [-0.4, -0.2) is 50.9 Å². The highest BCUT2D eigenvalue weighted by Gasteiger charge is 2.32. The number of carbonyl (C=O) groups excluding carboxylic acids is 2. The van der Waals surface area contributed by atoms with Gasteiger partial charge in [0.15, 0.2) is 0 Å². The number of hydrogen-bond donors (Lipinski definition) is 1. The first-order chi connectivity index (χ1) is 18.4. The standard InChI is InChI=1S/C30H37N3O5S/c1-21(2)31-30(35)24(5)32(19-25-9-7-8-23(4)18-25)29(34)20-33(26-12-10-22(3)11-13-26)39(36,37)28-16-14-27(38-6)15-17-28/h7-18,21,24H,19-20H2,1-6H3,(H,31,35)/t24-/m1/s1. The van der Waals surface area contributed by atoms with Crippen molar-refractivity contribution < 1.29 is 22.7 Å². The number of rotatable bonds is 11. The lowest BCUT2D eigenvalue weighted by Crippen LogP contribution is -2.52. The van der Waals surface area contributed by atoms with Gasteiger partial charge in [0, 0.05) is 12.6 Å². The molecule has 0 aliphatic heterocycles. The number of hydrogen-bond acceptors (Lipinski definition) is 5. The van der Waals surface area contributed by atoms with Crippen LogP contribution in [0.3, 0.4) is 0 Å². The molecule has 0 aliphatic carbocycles. The van der Waals surface area contributed by atoms with E-state index in [1.807, 2.05) is 52.0 Å². The smallest absolute Gasteiger partial charge is 0.264 e. The molecule has 0 saturated carbocycles. The van der Waals surface area contributed by atoms with Crippen molar-refractivity contribution in [2.75, 3.05) is 18.0 Å². The molecule has 0 spiro atoms. The van der Waals surface area contributed by atoms with E-state index in [9.17, 15) is 18.0 Å². The zero-order valence-corrected chi connectivity index (χ0v) is 24.2. The molecule has 0 bridgehead atoms. The Morgan fingerprint density at radius 1 is 0.897 bits per heavy atom. The third-order valence-electron chi connectivity index (χ3n) is 6.28. The van der Waals surface area contributed by atoms with Gasteiger partial charge in [-0.25, -0.2) is 8.42 Å². The van der Waals surface area contributed by atoms with Crippen molar-refractivity contribution in [3.63, 3.8) is 0 Å². The molecule has 208 valence electrons. The van der Waals surface area contributed by atoms with Crippen LogP contribution in [0.5, 0.6) is 5.75 Å². The highest BCUT2D eigenvalue weighted by molar-refractivity contribution is 7.92. The van der Waals surface area contributed by atoms with Crippen LogP contribution in [-0.2, 0) is 26.2 Å². The van der Waals surface area contributed by atoms with Gasteiger partial charge >= 0.3 is 0 Å². The number of methoxy groups -OCH3 is 1. The molecule has 0 radical (unpaired) electrons. The van der Waals surface area contributed by atoms with E-state index in [0.29, 0.717) is 11.4 Å². The second-order valence-electron chi connectivity index (χ2n) is 9.87. The lowest BCUT2D eigenvalue weighted by molar-refractivity contribution is -0.139. The summed E-state index contributed by atoms with van der Waals surface area (Å²) in [5, 5.41) is 2.86. The Morgan fingerprint density at radius 3 is 2.10 bits per heavy atom. The van der Waals surface area contributed by atoms with Gasteiger partial charge in [0.2, 0.25) is 11.8 Å². The van der Waals surface area contributed by atoms with Crippen molar-refractivity contribution in [2.45, 2.75) is 58.1 Å². The molecule has 9 heteroatoms. The molecule has 2 amide bonds. The number of anilines is 1. The van der Waals surface area contributed by atoms with Crippen molar-refractivity contribution in [1.82, 2.24) is 10.2 Å². The van der Waals surface area contributed by atoms with Crippen molar-refractivity contribution in [3.8, 4) is 5.75 Å². The van der Waals surface area contributed by atoms with E-state index in [0.717, 1.165) is 21.0 Å². The first-order valence-corrected chi connectivity index (χ1v) is 14.2. The van der Waals surface area contributed by atoms with Crippen molar-refractivity contribution in [2.24, 2.45) is 0 Å². The average Bonchev–Trinajstić information content (AvgIpc) is 2.90. The Labute approximate surface area is 231 Å². The highest BCUT2D eigenvalue weighted by Crippen LogP contribution is 2.26. The first kappa shape index (κ1) is 29.7. The van der Waals surface area contributed by atoms with Gasteiger partial charge in [0.1, 0.15) is 18.3 Å². The molecule has 3 aromatic rings. The summed E-state index contributed by atoms with van der Waals surface area (Å²) < 4.78 is 34.0. The van der Waals surface area contributed by atoms with E-state index >= 15 is 0 Å². The number of benzene rings is 3. The molecule has 8 nitrogen and oxygen atoms in total. The SMILES string of the molecule is COc1ccc(S(=O)(=O)N(CC(=O)N(Cc2cccc(C)c2)[C@H](C)C(=O)NC(C)C)c2ccc(C)cc2)cc1. The Bertz CT molecular complexity index is 1390. The zero-order valence-electron chi connectivity index (χ0n) is 23.3. The molecule has 0 saturated heterocycles. The summed E-state index contributed by atoms with van der Waals surface area (Å²) >= 11 is 0. The van der Waals surface area contributed by atoms with Crippen molar-refractivity contribution >= 4 is 27.5 Å². The van der Waals surface area contributed by atoms with Gasteiger partial charge in [-0.05, 0) is 76.6 Å². The van der Waals surface area contributed by atoms with Gasteiger partial charge in [-0.15, -0.1) is 0 Å². The third kappa shape index (κ3) is 7.60. The highest BCUT2D eigenvalue weighted by atomic mass is 32.2. The average molecular weight is 552 g/mol. The van der Waals surface area contributed by atoms with E-state index in [1.165, 1.54) is 24.1 Å². The number of amides is 2. The van der Waals surface area contributed by atoms with E-state index in [1.54, 1.807) is 43.3 Å². The van der Waals surface area contributed by atoms with Crippen LogP contribution in [0, 0.1) is 13.8 Å². The number of sulfonamides is 1. The zero-order chi connectivity index (χ0) is 28.7. The maximum Gasteiger partial charge on any atom is 0.264 e. The van der Waals surface area contributed by atoms with Crippen LogP contribution in [0.1, 0.15) is 37.5 Å². The molecule has 39 heavy (non-hydrogen) atoms. The summed E-state index contributed by atoms with van der Waals surface area (Å²) in [4.78, 5) is 28.3. The number of nitrogens with one attached hydrogen (secondary N) is 1. The van der Waals surface area contributed by atoms with Gasteiger partial charge < -0.3 is 15.0 Å². The van der Waals surface area contributed by atoms with Gasteiger partial charge in [-0.1, -0.05) is 47.5 Å². The minimum atomic E-state index is -4.14. The fourth-order valence-corrected chi connectivity index (χ4v) is 5.52. The predicted octanol–water partition coefficient (Wildman–Crippen LogP) is 4.45. The summed E-state index contributed by atoms with van der Waals surface area (Å²) in [5.41, 5.74) is 3.15. The van der Waals surface area contributed by atoms with E-state index < -0.39 is 28.5 Å². The molecule has 0 heterocycles. The second-order valence-corrected chi connectivity index (χ2v) is 11.7. The summed E-state index contributed by atoms with van der Waals surface area (Å²) in [6.07, 6.45) is 0. The molecule has 1 atom stereocenters. The number of carbonyl (C=O) groups is 2. The molecular formula is C30H37N3O5S. The van der Waals surface area contributed by atoms with Gasteiger partial charge in [-0.3, -0.25) is 13.9 Å². The number of ether oxygens (including phenoxy) is 1. The minimum absolute atomic E-state index is 0.0208. The summed E-state index contributed by atoms with van der Waals surface area (Å²) in [7, 11) is -2.64. The maximum absolute atomic E-state index is 13.9. The molecule has 3 rings (SSSR count). The second kappa shape index (κ2) is 12.8. The normalized spacial score (nSPS) is 12.1. The lowest BCUT2D eigenvalue weighted by Gasteiger charge is -2.32. The van der Waals surface area contributed by atoms with Crippen molar-refractivity contribution in [1.29, 1.82) is 0 Å². The van der Waals surface area contributed by atoms with Crippen LogP contribution in [0.15, 0.2) is 77.7 Å². The van der Waals surface area contributed by atoms with E-state index in [2.05, 4.69) is 5.32 Å². The van der Waals surface area contributed by atoms with Crippen LogP contribution in [0.4, 0.5) is 5.69 Å². The maximum atomic E-state index is 13.9. The molecule has 1 N–H and O–H groups in total. The first-order valence-electron chi connectivity index (χ1n) is 12.8. The molecule has 0 fully saturated rings. The van der Waals surface area contributed by atoms with Crippen LogP contribution >= 0.6 is 0 Å². The minimum Gasteiger partial charge on any atom is -0.497 e. The molecule has 0 aromatic heterocycles. The lowest BCUT2D eigenvalue weighted by atomic mass is 10.1. The van der Waals surface area contributed by atoms with Crippen LogP contribution in [0.2, 0.25) is 0 Å². The number of nitrogens with zero attached hydrogens (tertiary/aromatic N) is 2. The fraction of sp³-hybridized carbons (Fsp3) is 0.333. The van der Waals surface area contributed by atoms with E-state index in [4.69, 9.17) is 4.74 Å². The van der Waals surface area contributed by atoms with Crippen molar-refractivity contribution in [3.05, 3.63) is 89.5 Å². The summed E-state index contributed by atoms with van der Waals surface area (Å²) in [6.45, 7) is 8.86. The van der Waals surface area contributed by atoms with Crippen LogP contribution < -0.4 is 14.4 Å². The van der Waals surface area contributed by atoms with Gasteiger partial charge in [-0.2, -0.15) is 0 Å². The Morgan fingerprint density at radius 2 is 1.54 bits per heavy atom. The molecule has 0 aliphatic rings. The van der Waals surface area contributed by atoms with Crippen LogP contribution in [0.25, 0.3) is 0 Å². The molecule has 0 unspecified atom stereocenters. The Hall–Kier alpha value is -3.85. The third-order valence-corrected chi connectivity index (χ3v) is 8.07. The molecule has 3 aromatic carbocycles. The number of aryl methyl sites for hydroxylation is 2. The topological polar surface area (TPSA) is 96.0 Å². The van der Waals surface area contributed by atoms with E-state index in [-0.39, 0.29) is 23.4 Å². The van der Waals surface area contributed by atoms with Gasteiger partial charge in [0.25, 0.3) is 10.0 Å². The Balaban J connectivity index is 2.03. The Kier molecular flexibility index (Phi) is 9.75. The quantitative estimate of drug-likeness (QED) is 0.380. The molecular weight excluding hydrogens is 514 g/mol. The predicted molar refractivity (Wildman–Crippen MR) is 153 cm³/mol. The van der Waals surface area contributed by atoms with Gasteiger partial charge in [0.05, 0.1) is 17.7 Å². The summed E-state index contributed by atoms with van der Waals surface area (Å²) in [5.74, 6) is -0.298. The monoisotopic (exact) mass is 551 g/mol. The largest absolute Gasteiger partial charge is 0.497 e. The fourth-order valence-electron chi connectivity index (χ4n) is 4.11.